The Bertz CT molecular complexity index is 1030. The summed E-state index contributed by atoms with van der Waals surface area (Å²) in [6.45, 7) is 0.364. The number of rotatable bonds is 5. The highest BCUT2D eigenvalue weighted by Crippen LogP contribution is 2.24. The zero-order chi connectivity index (χ0) is 21.0. The summed E-state index contributed by atoms with van der Waals surface area (Å²) in [6.07, 6.45) is 0. The molecule has 3 aromatic carbocycles. The van der Waals surface area contributed by atoms with Gasteiger partial charge in [0, 0.05) is 37.0 Å². The summed E-state index contributed by atoms with van der Waals surface area (Å²) in [5.41, 5.74) is 0.983. The van der Waals surface area contributed by atoms with Gasteiger partial charge in [-0.1, -0.05) is 30.3 Å². The molecule has 0 aliphatic carbocycles. The maximum absolute atomic E-state index is 13.3. The van der Waals surface area contributed by atoms with Crippen molar-refractivity contribution in [1.82, 2.24) is 4.90 Å². The van der Waals surface area contributed by atoms with E-state index in [4.69, 9.17) is 0 Å². The Kier molecular flexibility index (Phi) is 5.87. The lowest BCUT2D eigenvalue weighted by molar-refractivity contribution is 0.0782. The lowest BCUT2D eigenvalue weighted by Gasteiger charge is -2.18. The number of benzene rings is 3. The van der Waals surface area contributed by atoms with E-state index in [1.807, 2.05) is 30.3 Å². The van der Waals surface area contributed by atoms with Gasteiger partial charge in [-0.3, -0.25) is 9.59 Å². The van der Waals surface area contributed by atoms with Crippen LogP contribution in [0.1, 0.15) is 26.3 Å². The number of phenols is 1. The molecule has 0 fully saturated rings. The standard InChI is InChI=1S/C22H18F2N2O3/c1-26(13-14-5-3-2-4-6-14)22(29)19-8-7-18(12-20(19)27)25-21(28)15-9-16(23)11-17(24)10-15/h2-12,27H,13H2,1H3,(H,25,28). The van der Waals surface area contributed by atoms with E-state index in [1.54, 1.807) is 7.05 Å². The van der Waals surface area contributed by atoms with Crippen LogP contribution in [-0.2, 0) is 6.54 Å². The summed E-state index contributed by atoms with van der Waals surface area (Å²) >= 11 is 0. The third kappa shape index (κ3) is 4.95. The predicted molar refractivity (Wildman–Crippen MR) is 105 cm³/mol. The highest BCUT2D eigenvalue weighted by molar-refractivity contribution is 6.05. The number of hydrogen-bond acceptors (Lipinski definition) is 3. The van der Waals surface area contributed by atoms with Crippen LogP contribution in [-0.4, -0.2) is 28.9 Å². The summed E-state index contributed by atoms with van der Waals surface area (Å²) in [7, 11) is 1.61. The third-order valence-corrected chi connectivity index (χ3v) is 4.22. The maximum atomic E-state index is 13.3. The van der Waals surface area contributed by atoms with Gasteiger partial charge in [-0.25, -0.2) is 8.78 Å². The topological polar surface area (TPSA) is 69.6 Å². The first-order chi connectivity index (χ1) is 13.8. The van der Waals surface area contributed by atoms with Crippen LogP contribution in [0.5, 0.6) is 5.75 Å². The van der Waals surface area contributed by atoms with Gasteiger partial charge in [-0.05, 0) is 29.8 Å². The lowest BCUT2D eigenvalue weighted by atomic mass is 10.1. The van der Waals surface area contributed by atoms with Gasteiger partial charge >= 0.3 is 0 Å². The summed E-state index contributed by atoms with van der Waals surface area (Å²) < 4.78 is 26.5. The first-order valence-corrected chi connectivity index (χ1v) is 8.73. The second-order valence-corrected chi connectivity index (χ2v) is 6.49. The van der Waals surface area contributed by atoms with Gasteiger partial charge in [0.25, 0.3) is 11.8 Å². The first kappa shape index (κ1) is 20.0. The Morgan fingerprint density at radius 1 is 0.966 bits per heavy atom. The van der Waals surface area contributed by atoms with Crippen molar-refractivity contribution in [2.75, 3.05) is 12.4 Å². The Morgan fingerprint density at radius 3 is 2.24 bits per heavy atom. The van der Waals surface area contributed by atoms with E-state index in [1.165, 1.54) is 23.1 Å². The number of nitrogens with one attached hydrogen (secondary N) is 1. The monoisotopic (exact) mass is 396 g/mol. The fraction of sp³-hybridized carbons (Fsp3) is 0.0909. The van der Waals surface area contributed by atoms with Crippen molar-refractivity contribution in [2.45, 2.75) is 6.54 Å². The molecule has 0 atom stereocenters. The Balaban J connectivity index is 1.72. The molecular weight excluding hydrogens is 378 g/mol. The summed E-state index contributed by atoms with van der Waals surface area (Å²) in [4.78, 5) is 26.2. The fourth-order valence-corrected chi connectivity index (χ4v) is 2.81. The molecule has 148 valence electrons. The van der Waals surface area contributed by atoms with Crippen molar-refractivity contribution >= 4 is 17.5 Å². The Morgan fingerprint density at radius 2 is 1.62 bits per heavy atom. The van der Waals surface area contributed by atoms with Crippen molar-refractivity contribution in [1.29, 1.82) is 0 Å². The fourth-order valence-electron chi connectivity index (χ4n) is 2.81. The van der Waals surface area contributed by atoms with Gasteiger partial charge < -0.3 is 15.3 Å². The molecule has 0 bridgehead atoms. The maximum Gasteiger partial charge on any atom is 0.257 e. The zero-order valence-electron chi connectivity index (χ0n) is 15.5. The first-order valence-electron chi connectivity index (χ1n) is 8.73. The second kappa shape index (κ2) is 8.52. The molecule has 29 heavy (non-hydrogen) atoms. The number of phenolic OH excluding ortho intramolecular Hbond substituents is 1. The average Bonchev–Trinajstić information content (AvgIpc) is 2.67. The second-order valence-electron chi connectivity index (χ2n) is 6.49. The molecule has 0 unspecified atom stereocenters. The summed E-state index contributed by atoms with van der Waals surface area (Å²) in [5, 5.41) is 12.7. The zero-order valence-corrected chi connectivity index (χ0v) is 15.5. The molecule has 2 N–H and O–H groups in total. The summed E-state index contributed by atoms with van der Waals surface area (Å²) in [6, 6.07) is 15.9. The molecule has 0 radical (unpaired) electrons. The van der Waals surface area contributed by atoms with Crippen LogP contribution in [0.15, 0.2) is 66.7 Å². The van der Waals surface area contributed by atoms with Crippen molar-refractivity contribution in [3.8, 4) is 5.75 Å². The van der Waals surface area contributed by atoms with Crippen LogP contribution < -0.4 is 5.32 Å². The van der Waals surface area contributed by atoms with Crippen molar-refractivity contribution < 1.29 is 23.5 Å². The van der Waals surface area contributed by atoms with Crippen LogP contribution in [0, 0.1) is 11.6 Å². The number of amides is 2. The SMILES string of the molecule is CN(Cc1ccccc1)C(=O)c1ccc(NC(=O)c2cc(F)cc(F)c2)cc1O. The van der Waals surface area contributed by atoms with E-state index < -0.39 is 23.4 Å². The van der Waals surface area contributed by atoms with E-state index >= 15 is 0 Å². The quantitative estimate of drug-likeness (QED) is 0.679. The largest absolute Gasteiger partial charge is 0.507 e. The van der Waals surface area contributed by atoms with Crippen LogP contribution in [0.25, 0.3) is 0 Å². The Labute approximate surface area is 166 Å². The van der Waals surface area contributed by atoms with E-state index in [0.29, 0.717) is 12.6 Å². The molecule has 0 heterocycles. The van der Waals surface area contributed by atoms with E-state index in [9.17, 15) is 23.5 Å². The molecule has 0 spiro atoms. The minimum absolute atomic E-state index is 0.0678. The molecule has 0 aliphatic rings. The van der Waals surface area contributed by atoms with Gasteiger partial charge in [-0.15, -0.1) is 0 Å². The van der Waals surface area contributed by atoms with Gasteiger partial charge in [-0.2, -0.15) is 0 Å². The number of carbonyl (C=O) groups excluding carboxylic acids is 2. The van der Waals surface area contributed by atoms with Gasteiger partial charge in [0.1, 0.15) is 17.4 Å². The number of nitrogens with zero attached hydrogens (tertiary/aromatic N) is 1. The minimum Gasteiger partial charge on any atom is -0.507 e. The smallest absolute Gasteiger partial charge is 0.257 e. The minimum atomic E-state index is -0.875. The van der Waals surface area contributed by atoms with E-state index in [0.717, 1.165) is 17.7 Å². The van der Waals surface area contributed by atoms with Crippen LogP contribution in [0.4, 0.5) is 14.5 Å². The number of carbonyl (C=O) groups is 2. The molecule has 0 saturated heterocycles. The molecule has 0 aliphatic heterocycles. The molecule has 2 amide bonds. The molecule has 7 heteroatoms. The molecule has 0 aromatic heterocycles. The van der Waals surface area contributed by atoms with Crippen molar-refractivity contribution in [2.24, 2.45) is 0 Å². The van der Waals surface area contributed by atoms with Crippen LogP contribution in [0.2, 0.25) is 0 Å². The highest BCUT2D eigenvalue weighted by Gasteiger charge is 2.17. The summed E-state index contributed by atoms with van der Waals surface area (Å²) in [5.74, 6) is -3.21. The van der Waals surface area contributed by atoms with Gasteiger partial charge in [0.2, 0.25) is 0 Å². The van der Waals surface area contributed by atoms with Gasteiger partial charge in [0.15, 0.2) is 0 Å². The normalized spacial score (nSPS) is 10.4. The lowest BCUT2D eigenvalue weighted by Crippen LogP contribution is -2.26. The molecule has 3 rings (SSSR count). The van der Waals surface area contributed by atoms with Crippen LogP contribution >= 0.6 is 0 Å². The average molecular weight is 396 g/mol. The van der Waals surface area contributed by atoms with Gasteiger partial charge in [0.05, 0.1) is 5.56 Å². The Hall–Kier alpha value is -3.74. The predicted octanol–water partition coefficient (Wildman–Crippen LogP) is 4.19. The molecule has 3 aromatic rings. The number of hydrogen-bond donors (Lipinski definition) is 2. The molecular formula is C22H18F2N2O3. The van der Waals surface area contributed by atoms with Crippen molar-refractivity contribution in [3.05, 3.63) is 95.1 Å². The van der Waals surface area contributed by atoms with E-state index in [-0.39, 0.29) is 22.6 Å². The van der Waals surface area contributed by atoms with E-state index in [2.05, 4.69) is 5.32 Å². The number of aromatic hydroxyl groups is 1. The molecule has 5 nitrogen and oxygen atoms in total. The third-order valence-electron chi connectivity index (χ3n) is 4.22. The van der Waals surface area contributed by atoms with Crippen molar-refractivity contribution in [3.63, 3.8) is 0 Å². The van der Waals surface area contributed by atoms with Crippen LogP contribution in [0.3, 0.4) is 0 Å². The number of halogens is 2. The number of anilines is 1. The molecule has 0 saturated carbocycles. The highest BCUT2D eigenvalue weighted by atomic mass is 19.1.